The molecule has 128 valence electrons. The molecule has 0 saturated carbocycles. The average Bonchev–Trinajstić information content (AvgIpc) is 3.20. The van der Waals surface area contributed by atoms with Crippen molar-refractivity contribution in [2.75, 3.05) is 13.7 Å². The number of rotatable bonds is 6. The normalized spacial score (nSPS) is 23.2. The minimum absolute atomic E-state index is 0.110. The molecule has 24 heavy (non-hydrogen) atoms. The number of carbonyl (C=O) groups is 1. The number of hydrogen-bond acceptors (Lipinski definition) is 6. The van der Waals surface area contributed by atoms with Crippen molar-refractivity contribution >= 4 is 5.97 Å². The summed E-state index contributed by atoms with van der Waals surface area (Å²) in [5.74, 6) is 0.410. The Morgan fingerprint density at radius 3 is 2.83 bits per heavy atom. The van der Waals surface area contributed by atoms with Gasteiger partial charge in [0.25, 0.3) is 0 Å². The van der Waals surface area contributed by atoms with E-state index in [-0.39, 0.29) is 18.4 Å². The molecule has 3 atom stereocenters. The lowest BCUT2D eigenvalue weighted by Crippen LogP contribution is -2.39. The van der Waals surface area contributed by atoms with Gasteiger partial charge in [0.1, 0.15) is 18.0 Å². The Labute approximate surface area is 140 Å². The zero-order valence-corrected chi connectivity index (χ0v) is 13.4. The van der Waals surface area contributed by atoms with E-state index < -0.39 is 12.2 Å². The number of methoxy groups -OCH3 is 1. The third-order valence-electron chi connectivity index (χ3n) is 4.14. The van der Waals surface area contributed by atoms with Crippen molar-refractivity contribution in [1.29, 1.82) is 0 Å². The molecule has 2 heterocycles. The molecule has 2 aromatic rings. The molecule has 0 spiro atoms. The van der Waals surface area contributed by atoms with Gasteiger partial charge in [0.15, 0.2) is 0 Å². The number of H-pyrrole nitrogens is 1. The summed E-state index contributed by atoms with van der Waals surface area (Å²) < 4.78 is 10.6. The van der Waals surface area contributed by atoms with Gasteiger partial charge >= 0.3 is 5.97 Å². The van der Waals surface area contributed by atoms with Crippen LogP contribution in [0, 0.1) is 0 Å². The topological polar surface area (TPSA) is 96.5 Å². The third kappa shape index (κ3) is 3.93. The standard InChI is InChI=1S/C17H21N3O4/c1-23-13-4-2-11(3-5-13)6-14-17(15(21)9-19-14)24-16(22)7-12-8-18-10-20-12/h2-5,8,10,14-15,17,19,21H,6-7,9H2,1H3,(H,18,20)/t14-,15+,17+/m1/s1. The summed E-state index contributed by atoms with van der Waals surface area (Å²) in [7, 11) is 1.62. The maximum absolute atomic E-state index is 12.1. The highest BCUT2D eigenvalue weighted by molar-refractivity contribution is 5.72. The minimum atomic E-state index is -0.709. The Balaban J connectivity index is 1.60. The zero-order chi connectivity index (χ0) is 16.9. The summed E-state index contributed by atoms with van der Waals surface area (Å²) in [6, 6.07) is 7.59. The quantitative estimate of drug-likeness (QED) is 0.665. The van der Waals surface area contributed by atoms with Gasteiger partial charge in [-0.05, 0) is 24.1 Å². The third-order valence-corrected chi connectivity index (χ3v) is 4.14. The predicted octanol–water partition coefficient (Wildman–Crippen LogP) is 0.448. The molecule has 1 aromatic carbocycles. The van der Waals surface area contributed by atoms with Crippen molar-refractivity contribution in [2.45, 2.75) is 31.1 Å². The first-order valence-electron chi connectivity index (χ1n) is 7.87. The first kappa shape index (κ1) is 16.5. The SMILES string of the molecule is COc1ccc(C[C@H]2NC[C@H](O)[C@H]2OC(=O)Cc2cnc[nH]2)cc1. The number of benzene rings is 1. The van der Waals surface area contributed by atoms with E-state index in [1.807, 2.05) is 24.3 Å². The van der Waals surface area contributed by atoms with Crippen LogP contribution in [0.25, 0.3) is 0 Å². The predicted molar refractivity (Wildman–Crippen MR) is 86.7 cm³/mol. The summed E-state index contributed by atoms with van der Waals surface area (Å²) >= 11 is 0. The molecule has 0 radical (unpaired) electrons. The van der Waals surface area contributed by atoms with Crippen molar-refractivity contribution < 1.29 is 19.4 Å². The molecule has 1 aliphatic rings. The molecule has 7 heteroatoms. The fraction of sp³-hybridized carbons (Fsp3) is 0.412. The zero-order valence-electron chi connectivity index (χ0n) is 13.4. The van der Waals surface area contributed by atoms with Gasteiger partial charge in [0.05, 0.1) is 25.9 Å². The number of aromatic amines is 1. The molecular formula is C17H21N3O4. The highest BCUT2D eigenvalue weighted by Crippen LogP contribution is 2.19. The Morgan fingerprint density at radius 2 is 2.17 bits per heavy atom. The van der Waals surface area contributed by atoms with Crippen LogP contribution in [0.1, 0.15) is 11.3 Å². The van der Waals surface area contributed by atoms with E-state index in [9.17, 15) is 9.90 Å². The lowest BCUT2D eigenvalue weighted by atomic mass is 10.0. The summed E-state index contributed by atoms with van der Waals surface area (Å²) in [5, 5.41) is 13.3. The number of aliphatic hydroxyl groups excluding tert-OH is 1. The van der Waals surface area contributed by atoms with E-state index in [0.29, 0.717) is 18.7 Å². The number of hydrogen-bond donors (Lipinski definition) is 3. The van der Waals surface area contributed by atoms with E-state index in [2.05, 4.69) is 15.3 Å². The van der Waals surface area contributed by atoms with Crippen LogP contribution in [0.15, 0.2) is 36.8 Å². The van der Waals surface area contributed by atoms with Crippen molar-refractivity contribution in [3.8, 4) is 5.75 Å². The molecule has 0 bridgehead atoms. The molecule has 1 aromatic heterocycles. The summed E-state index contributed by atoms with van der Waals surface area (Å²) in [6.45, 7) is 0.406. The molecule has 7 nitrogen and oxygen atoms in total. The number of imidazole rings is 1. The Hall–Kier alpha value is -2.38. The van der Waals surface area contributed by atoms with Crippen LogP contribution in [-0.4, -0.2) is 52.9 Å². The monoisotopic (exact) mass is 331 g/mol. The average molecular weight is 331 g/mol. The smallest absolute Gasteiger partial charge is 0.312 e. The first-order chi connectivity index (χ1) is 11.7. The number of aliphatic hydroxyl groups is 1. The molecule has 0 amide bonds. The number of β-amino-alcohol motifs (C(OH)–C–C–N with tert-alkyl or cyclic N) is 1. The molecule has 0 unspecified atom stereocenters. The van der Waals surface area contributed by atoms with Crippen LogP contribution < -0.4 is 10.1 Å². The molecule has 1 saturated heterocycles. The Morgan fingerprint density at radius 1 is 1.38 bits per heavy atom. The molecule has 1 aliphatic heterocycles. The highest BCUT2D eigenvalue weighted by Gasteiger charge is 2.37. The van der Waals surface area contributed by atoms with Crippen LogP contribution in [0.4, 0.5) is 0 Å². The van der Waals surface area contributed by atoms with Gasteiger partial charge in [-0.1, -0.05) is 12.1 Å². The summed E-state index contributed by atoms with van der Waals surface area (Å²) in [6.07, 6.45) is 2.59. The second kappa shape index (κ2) is 7.46. The molecule has 3 rings (SSSR count). The number of ether oxygens (including phenoxy) is 2. The summed E-state index contributed by atoms with van der Waals surface area (Å²) in [5.41, 5.74) is 1.77. The molecule has 1 fully saturated rings. The van der Waals surface area contributed by atoms with Gasteiger partial charge in [-0.3, -0.25) is 4.79 Å². The van der Waals surface area contributed by atoms with E-state index in [1.165, 1.54) is 6.33 Å². The highest BCUT2D eigenvalue weighted by atomic mass is 16.6. The number of nitrogens with zero attached hydrogens (tertiary/aromatic N) is 1. The number of aromatic nitrogens is 2. The number of nitrogens with one attached hydrogen (secondary N) is 2. The van der Waals surface area contributed by atoms with Crippen LogP contribution >= 0.6 is 0 Å². The lowest BCUT2D eigenvalue weighted by Gasteiger charge is -2.22. The maximum atomic E-state index is 12.1. The number of carbonyl (C=O) groups excluding carboxylic acids is 1. The number of esters is 1. The van der Waals surface area contributed by atoms with E-state index in [1.54, 1.807) is 13.3 Å². The van der Waals surface area contributed by atoms with Crippen LogP contribution in [0.5, 0.6) is 5.75 Å². The van der Waals surface area contributed by atoms with Crippen molar-refractivity contribution in [2.24, 2.45) is 0 Å². The van der Waals surface area contributed by atoms with Crippen LogP contribution in [-0.2, 0) is 22.4 Å². The van der Waals surface area contributed by atoms with Crippen LogP contribution in [0.3, 0.4) is 0 Å². The van der Waals surface area contributed by atoms with Crippen molar-refractivity contribution in [1.82, 2.24) is 15.3 Å². The van der Waals surface area contributed by atoms with Gasteiger partial charge in [-0.15, -0.1) is 0 Å². The first-order valence-corrected chi connectivity index (χ1v) is 7.87. The van der Waals surface area contributed by atoms with Crippen molar-refractivity contribution in [3.63, 3.8) is 0 Å². The maximum Gasteiger partial charge on any atom is 0.312 e. The molecule has 0 aliphatic carbocycles. The van der Waals surface area contributed by atoms with Gasteiger partial charge in [0.2, 0.25) is 0 Å². The fourth-order valence-electron chi connectivity index (χ4n) is 2.87. The minimum Gasteiger partial charge on any atom is -0.497 e. The Kier molecular flexibility index (Phi) is 5.12. The van der Waals surface area contributed by atoms with E-state index >= 15 is 0 Å². The lowest BCUT2D eigenvalue weighted by molar-refractivity contribution is -0.153. The largest absolute Gasteiger partial charge is 0.497 e. The molecular weight excluding hydrogens is 310 g/mol. The molecule has 3 N–H and O–H groups in total. The van der Waals surface area contributed by atoms with Gasteiger partial charge in [0, 0.05) is 18.4 Å². The van der Waals surface area contributed by atoms with Crippen LogP contribution in [0.2, 0.25) is 0 Å². The van der Waals surface area contributed by atoms with Gasteiger partial charge in [-0.2, -0.15) is 0 Å². The van der Waals surface area contributed by atoms with Gasteiger partial charge < -0.3 is 24.9 Å². The van der Waals surface area contributed by atoms with Crippen molar-refractivity contribution in [3.05, 3.63) is 48.0 Å². The van der Waals surface area contributed by atoms with E-state index in [4.69, 9.17) is 9.47 Å². The fourth-order valence-corrected chi connectivity index (χ4v) is 2.87. The second-order valence-corrected chi connectivity index (χ2v) is 5.84. The van der Waals surface area contributed by atoms with Gasteiger partial charge in [-0.25, -0.2) is 4.98 Å². The second-order valence-electron chi connectivity index (χ2n) is 5.84. The van der Waals surface area contributed by atoms with E-state index in [0.717, 1.165) is 11.3 Å². The Bertz CT molecular complexity index is 657. The summed E-state index contributed by atoms with van der Waals surface area (Å²) in [4.78, 5) is 18.8.